The van der Waals surface area contributed by atoms with Crippen LogP contribution in [0.4, 0.5) is 0 Å². The lowest BCUT2D eigenvalue weighted by atomic mass is 9.82. The number of ether oxygens (including phenoxy) is 2. The lowest BCUT2D eigenvalue weighted by molar-refractivity contribution is -0.107. The first-order chi connectivity index (χ1) is 9.69. The topological polar surface area (TPSA) is 54.0 Å². The molecule has 0 aromatic carbocycles. The summed E-state index contributed by atoms with van der Waals surface area (Å²) in [6, 6.07) is 0.318. The number of nitrogens with one attached hydrogen (secondary N) is 1. The fourth-order valence-corrected chi connectivity index (χ4v) is 4.25. The Hall–Kier alpha value is -0.200. The smallest absolute Gasteiger partial charge is 0.0936 e. The molecule has 4 atom stereocenters. The van der Waals surface area contributed by atoms with E-state index in [4.69, 9.17) is 9.47 Å². The van der Waals surface area contributed by atoms with Gasteiger partial charge in [0.25, 0.3) is 0 Å². The second-order valence-corrected chi connectivity index (χ2v) is 7.65. The Balaban J connectivity index is 2.09. The second kappa shape index (κ2) is 6.13. The van der Waals surface area contributed by atoms with Crippen LogP contribution in [0.5, 0.6) is 0 Å². The van der Waals surface area contributed by atoms with Crippen LogP contribution in [0.15, 0.2) is 0 Å². The van der Waals surface area contributed by atoms with Gasteiger partial charge in [-0.25, -0.2) is 0 Å². The molecule has 0 bridgehead atoms. The van der Waals surface area contributed by atoms with E-state index in [1.807, 2.05) is 7.05 Å². The quantitative estimate of drug-likeness (QED) is 0.806. The van der Waals surface area contributed by atoms with Gasteiger partial charge in [-0.05, 0) is 41.7 Å². The molecule has 0 radical (unpaired) electrons. The molecule has 0 saturated carbocycles. The Kier molecular flexibility index (Phi) is 5.01. The molecule has 0 spiro atoms. The van der Waals surface area contributed by atoms with Crippen molar-refractivity contribution in [2.45, 2.75) is 64.1 Å². The van der Waals surface area contributed by atoms with Crippen LogP contribution in [0, 0.1) is 5.92 Å². The van der Waals surface area contributed by atoms with E-state index in [-0.39, 0.29) is 30.0 Å². The molecule has 2 N–H and O–H groups in total. The number of aliphatic hydroxyl groups is 1. The predicted octanol–water partition coefficient (Wildman–Crippen LogP) is 0.860. The van der Waals surface area contributed by atoms with Gasteiger partial charge in [-0.1, -0.05) is 0 Å². The van der Waals surface area contributed by atoms with Gasteiger partial charge in [0, 0.05) is 31.6 Å². The minimum Gasteiger partial charge on any atom is -0.394 e. The highest BCUT2D eigenvalue weighted by Crippen LogP contribution is 2.42. The van der Waals surface area contributed by atoms with Crippen molar-refractivity contribution >= 4 is 0 Å². The molecule has 2 aliphatic rings. The second-order valence-electron chi connectivity index (χ2n) is 7.65. The molecular formula is C16H32N2O3. The molecule has 4 unspecified atom stereocenters. The van der Waals surface area contributed by atoms with E-state index < -0.39 is 0 Å². The summed E-state index contributed by atoms with van der Waals surface area (Å²) in [5, 5.41) is 12.8. The van der Waals surface area contributed by atoms with Crippen molar-refractivity contribution in [3.63, 3.8) is 0 Å². The normalized spacial score (nSPS) is 39.6. The van der Waals surface area contributed by atoms with E-state index in [1.165, 1.54) is 0 Å². The molecule has 2 rings (SSSR count). The summed E-state index contributed by atoms with van der Waals surface area (Å²) in [5.74, 6) is 0.405. The summed E-state index contributed by atoms with van der Waals surface area (Å²) in [6.45, 7) is 13.5. The van der Waals surface area contributed by atoms with Gasteiger partial charge < -0.3 is 19.9 Å². The van der Waals surface area contributed by atoms with Crippen LogP contribution in [-0.2, 0) is 9.47 Å². The highest BCUT2D eigenvalue weighted by atomic mass is 16.5. The van der Waals surface area contributed by atoms with E-state index in [0.717, 1.165) is 19.6 Å². The molecular weight excluding hydrogens is 268 g/mol. The molecule has 21 heavy (non-hydrogen) atoms. The molecule has 0 amide bonds. The third kappa shape index (κ3) is 3.59. The highest BCUT2D eigenvalue weighted by Gasteiger charge is 2.53. The van der Waals surface area contributed by atoms with Gasteiger partial charge in [0.15, 0.2) is 0 Å². The average Bonchev–Trinajstić information content (AvgIpc) is 2.53. The number of aliphatic hydroxyl groups excluding tert-OH is 1. The van der Waals surface area contributed by atoms with E-state index >= 15 is 0 Å². The largest absolute Gasteiger partial charge is 0.394 e. The maximum atomic E-state index is 9.38. The zero-order valence-corrected chi connectivity index (χ0v) is 14.3. The lowest BCUT2D eigenvalue weighted by Gasteiger charge is -2.40. The molecule has 0 aromatic heterocycles. The lowest BCUT2D eigenvalue weighted by Crippen LogP contribution is -2.54. The van der Waals surface area contributed by atoms with Gasteiger partial charge in [0.05, 0.1) is 30.0 Å². The molecule has 5 heteroatoms. The van der Waals surface area contributed by atoms with Crippen LogP contribution in [-0.4, -0.2) is 72.7 Å². The number of hydrogen-bond donors (Lipinski definition) is 2. The summed E-state index contributed by atoms with van der Waals surface area (Å²) in [6.07, 6.45) is 0.0996. The number of hydrogen-bond acceptors (Lipinski definition) is 5. The maximum Gasteiger partial charge on any atom is 0.0936 e. The minimum atomic E-state index is -0.169. The third-order valence-electron chi connectivity index (χ3n) is 4.94. The molecule has 0 aliphatic carbocycles. The van der Waals surface area contributed by atoms with E-state index in [0.29, 0.717) is 12.0 Å². The van der Waals surface area contributed by atoms with Crippen molar-refractivity contribution in [2.24, 2.45) is 5.92 Å². The Morgan fingerprint density at radius 3 is 2.43 bits per heavy atom. The fraction of sp³-hybridized carbons (Fsp3) is 1.00. The minimum absolute atomic E-state index is 0.0692. The fourth-order valence-electron chi connectivity index (χ4n) is 4.25. The van der Waals surface area contributed by atoms with Crippen molar-refractivity contribution < 1.29 is 14.6 Å². The first-order valence-corrected chi connectivity index (χ1v) is 8.05. The highest BCUT2D eigenvalue weighted by molar-refractivity contribution is 5.06. The van der Waals surface area contributed by atoms with Crippen LogP contribution >= 0.6 is 0 Å². The first-order valence-electron chi connectivity index (χ1n) is 8.05. The van der Waals surface area contributed by atoms with Crippen molar-refractivity contribution in [1.29, 1.82) is 0 Å². The number of likely N-dealkylation sites (N-methyl/N-ethyl adjacent to an activating group) is 1. The SMILES string of the molecule is CNC1C(CN2CC(C)OC(CO)C2)C(C)(C)OC1(C)C. The van der Waals surface area contributed by atoms with Crippen LogP contribution in [0.1, 0.15) is 34.6 Å². The van der Waals surface area contributed by atoms with Gasteiger partial charge >= 0.3 is 0 Å². The Morgan fingerprint density at radius 1 is 1.19 bits per heavy atom. The molecule has 2 fully saturated rings. The Bertz CT molecular complexity index is 359. The summed E-state index contributed by atoms with van der Waals surface area (Å²) in [5.41, 5.74) is -0.329. The standard InChI is InChI=1S/C16H32N2O3/c1-11-7-18(8-12(10-19)20-11)9-13-14(17-6)16(4,5)21-15(13,2)3/h11-14,17,19H,7-10H2,1-6H3. The van der Waals surface area contributed by atoms with Gasteiger partial charge in [-0.2, -0.15) is 0 Å². The summed E-state index contributed by atoms with van der Waals surface area (Å²) in [7, 11) is 2.02. The number of nitrogens with zero attached hydrogens (tertiary/aromatic N) is 1. The first kappa shape index (κ1) is 17.2. The van der Waals surface area contributed by atoms with Crippen molar-refractivity contribution in [2.75, 3.05) is 33.3 Å². The number of rotatable bonds is 4. The monoisotopic (exact) mass is 300 g/mol. The molecule has 0 aromatic rings. The van der Waals surface area contributed by atoms with Crippen LogP contribution in [0.25, 0.3) is 0 Å². The molecule has 124 valence electrons. The summed E-state index contributed by atoms with van der Waals surface area (Å²) < 4.78 is 12.0. The maximum absolute atomic E-state index is 9.38. The van der Waals surface area contributed by atoms with E-state index in [9.17, 15) is 5.11 Å². The number of morpholine rings is 1. The van der Waals surface area contributed by atoms with Crippen LogP contribution in [0.3, 0.4) is 0 Å². The van der Waals surface area contributed by atoms with E-state index in [2.05, 4.69) is 44.8 Å². The zero-order chi connectivity index (χ0) is 15.8. The van der Waals surface area contributed by atoms with Gasteiger partial charge in [0.1, 0.15) is 0 Å². The van der Waals surface area contributed by atoms with Crippen molar-refractivity contribution in [1.82, 2.24) is 10.2 Å². The predicted molar refractivity (Wildman–Crippen MR) is 83.4 cm³/mol. The molecule has 2 aliphatic heterocycles. The summed E-state index contributed by atoms with van der Waals surface area (Å²) >= 11 is 0. The van der Waals surface area contributed by atoms with Crippen molar-refractivity contribution in [3.05, 3.63) is 0 Å². The van der Waals surface area contributed by atoms with E-state index in [1.54, 1.807) is 0 Å². The average molecular weight is 300 g/mol. The van der Waals surface area contributed by atoms with Gasteiger partial charge in [0.2, 0.25) is 0 Å². The van der Waals surface area contributed by atoms with Gasteiger partial charge in [-0.3, -0.25) is 4.90 Å². The molecule has 2 saturated heterocycles. The Labute approximate surface area is 129 Å². The zero-order valence-electron chi connectivity index (χ0n) is 14.3. The summed E-state index contributed by atoms with van der Waals surface area (Å²) in [4.78, 5) is 2.41. The Morgan fingerprint density at radius 2 is 1.86 bits per heavy atom. The van der Waals surface area contributed by atoms with Crippen LogP contribution < -0.4 is 5.32 Å². The van der Waals surface area contributed by atoms with Crippen LogP contribution in [0.2, 0.25) is 0 Å². The van der Waals surface area contributed by atoms with Crippen molar-refractivity contribution in [3.8, 4) is 0 Å². The van der Waals surface area contributed by atoms with Gasteiger partial charge in [-0.15, -0.1) is 0 Å². The molecule has 5 nitrogen and oxygen atoms in total. The third-order valence-corrected chi connectivity index (χ3v) is 4.94. The molecule has 2 heterocycles.